The van der Waals surface area contributed by atoms with E-state index in [1.807, 2.05) is 43.2 Å². The van der Waals surface area contributed by atoms with Crippen LogP contribution in [-0.2, 0) is 56.1 Å². The fraction of sp³-hybridized carbons (Fsp3) is 0.310. The molecule has 6 rings (SSSR count). The number of benzene rings is 4. The van der Waals surface area contributed by atoms with Gasteiger partial charge in [-0.2, -0.15) is 9.84 Å². The molecular weight excluding hydrogens is 1010 g/mol. The molecule has 1 amide bonds. The van der Waals surface area contributed by atoms with Gasteiger partial charge in [0.25, 0.3) is 0 Å². The normalized spacial score (nSPS) is 16.2. The van der Waals surface area contributed by atoms with E-state index < -0.39 is 70.9 Å². The first-order valence-corrected chi connectivity index (χ1v) is 24.9. The van der Waals surface area contributed by atoms with Gasteiger partial charge >= 0.3 is 154 Å². The predicted molar refractivity (Wildman–Crippen MR) is 227 cm³/mol. The van der Waals surface area contributed by atoms with Crippen LogP contribution in [0.4, 0.5) is 11.4 Å². The summed E-state index contributed by atoms with van der Waals surface area (Å²) >= 11 is 0. The van der Waals surface area contributed by atoms with Gasteiger partial charge in [0, 0.05) is 52.9 Å². The van der Waals surface area contributed by atoms with Gasteiger partial charge in [0.05, 0.1) is 31.1 Å². The van der Waals surface area contributed by atoms with Crippen molar-refractivity contribution in [1.82, 2.24) is 5.32 Å². The van der Waals surface area contributed by atoms with E-state index in [4.69, 9.17) is 5.26 Å². The molecule has 0 spiro atoms. The van der Waals surface area contributed by atoms with Crippen LogP contribution in [0.2, 0.25) is 0 Å². The first-order chi connectivity index (χ1) is 29.1. The van der Waals surface area contributed by atoms with Gasteiger partial charge in [-0.1, -0.05) is 44.6 Å². The summed E-state index contributed by atoms with van der Waals surface area (Å²) in [6.07, 6.45) is 10.6. The number of hydrogen-bond acceptors (Lipinski definition) is 15. The maximum Gasteiger partial charge on any atom is 1.00 e. The number of unbranched alkanes of at least 4 members (excludes halogenated alkanes) is 2. The molecule has 4 aromatic carbocycles. The van der Waals surface area contributed by atoms with E-state index >= 15 is 0 Å². The molecule has 0 atom stereocenters. The number of nitrogens with zero attached hydrogens (tertiary/aromatic N) is 3. The van der Waals surface area contributed by atoms with Crippen molar-refractivity contribution >= 4 is 85.0 Å². The summed E-state index contributed by atoms with van der Waals surface area (Å²) in [7, 11) is -19.1. The van der Waals surface area contributed by atoms with Gasteiger partial charge < -0.3 is 28.4 Å². The van der Waals surface area contributed by atoms with Gasteiger partial charge in [0.2, 0.25) is 11.6 Å². The second-order valence-electron chi connectivity index (χ2n) is 16.2. The van der Waals surface area contributed by atoms with Crippen molar-refractivity contribution in [1.29, 1.82) is 5.26 Å². The smallest absolute Gasteiger partial charge is 0.744 e. The Labute approximate surface area is 512 Å². The third-order valence-electron chi connectivity index (χ3n) is 11.4. The van der Waals surface area contributed by atoms with E-state index in [1.165, 1.54) is 12.1 Å². The molecule has 66 heavy (non-hydrogen) atoms. The third-order valence-corrected chi connectivity index (χ3v) is 14.8. The topological polar surface area (TPSA) is 288 Å². The molecule has 0 aromatic heterocycles. The van der Waals surface area contributed by atoms with E-state index in [0.717, 1.165) is 12.1 Å². The number of fused-ring (bicyclic) bond motifs is 6. The number of rotatable bonds is 14. The Balaban J connectivity index is 0.00000385. The van der Waals surface area contributed by atoms with E-state index in [1.54, 1.807) is 49.6 Å². The van der Waals surface area contributed by atoms with Crippen LogP contribution in [0.3, 0.4) is 0 Å². The Bertz CT molecular complexity index is 3270. The number of hydrogen-bond donors (Lipinski definition) is 1. The van der Waals surface area contributed by atoms with Crippen LogP contribution >= 0.6 is 0 Å². The number of allylic oxidation sites excluding steroid dienone is 6. The second-order valence-corrected chi connectivity index (χ2v) is 21.6. The van der Waals surface area contributed by atoms with E-state index in [9.17, 15) is 56.7 Å². The van der Waals surface area contributed by atoms with Gasteiger partial charge in [0.1, 0.15) is 54.1 Å². The summed E-state index contributed by atoms with van der Waals surface area (Å²) in [5.74, 6) is -0.266. The Morgan fingerprint density at radius 3 is 1.74 bits per heavy atom. The fourth-order valence-corrected chi connectivity index (χ4v) is 11.3. The minimum absolute atomic E-state index is 0. The zero-order chi connectivity index (χ0) is 46.7. The standard InChI is InChI=1S/C42H44N4O13S4.3K/c1-41(2)36(45(5)32-17-15-28-30(39(32)41)22-26(60(48,49)50)24-34(28)62(54,55)56)12-8-6-9-13-37-42(3,4)40-31-23-27(61(51,52)53)25-35(63(57,58)59)29(31)16-18-33(40)46(37)21-11-7-10-14-38(47)44-20-19-43;;;/h6,8-9,12-13,15-18,22-25H,7,10-11,14,20-21H2,1-5H3,(H4-,44,47,48,49,50,51,52,53,54,55,56,57,58,59);;;/q;3*+1/p-3. The molecule has 24 heteroatoms. The molecule has 2 aliphatic rings. The number of carbonyl (C=O) groups is 1. The van der Waals surface area contributed by atoms with Crippen LogP contribution in [0.5, 0.6) is 0 Å². The first-order valence-electron chi connectivity index (χ1n) is 19.3. The summed E-state index contributed by atoms with van der Waals surface area (Å²) < 4.78 is 149. The molecule has 0 aliphatic carbocycles. The number of carbonyl (C=O) groups excluding carboxylic acids is 1. The molecule has 334 valence electrons. The molecule has 0 saturated heterocycles. The summed E-state index contributed by atoms with van der Waals surface area (Å²) in [4.78, 5) is 10.6. The van der Waals surface area contributed by atoms with Crippen LogP contribution in [-0.4, -0.2) is 88.2 Å². The summed E-state index contributed by atoms with van der Waals surface area (Å²) in [5, 5.41) is 11.3. The molecule has 0 bridgehead atoms. The summed E-state index contributed by atoms with van der Waals surface area (Å²) in [6, 6.07) is 11.2. The van der Waals surface area contributed by atoms with Gasteiger partial charge in [-0.25, -0.2) is 33.7 Å². The fourth-order valence-electron chi connectivity index (χ4n) is 8.70. The molecule has 0 saturated carbocycles. The Morgan fingerprint density at radius 2 is 1.23 bits per heavy atom. The average Bonchev–Trinajstić information content (AvgIpc) is 3.51. The molecule has 17 nitrogen and oxygen atoms in total. The zero-order valence-electron chi connectivity index (χ0n) is 37.5. The summed E-state index contributed by atoms with van der Waals surface area (Å²) in [6.45, 7) is 7.56. The average molecular weight is 1060 g/mol. The number of anilines is 1. The molecule has 4 aromatic rings. The van der Waals surface area contributed by atoms with Crippen molar-refractivity contribution in [3.8, 4) is 6.07 Å². The van der Waals surface area contributed by atoms with Crippen LogP contribution in [0.15, 0.2) is 104 Å². The molecule has 2 heterocycles. The number of nitrogens with one attached hydrogen (secondary N) is 1. The largest absolute Gasteiger partial charge is 1.00 e. The first kappa shape index (κ1) is 59.9. The van der Waals surface area contributed by atoms with Crippen molar-refractivity contribution < 1.29 is 215 Å². The van der Waals surface area contributed by atoms with Crippen molar-refractivity contribution in [3.63, 3.8) is 0 Å². The quantitative estimate of drug-likeness (QED) is 0.0312. The molecular formula is C42H41K3N4O13S4. The molecule has 0 unspecified atom stereocenters. The Hall–Kier alpha value is -0.401. The van der Waals surface area contributed by atoms with Gasteiger partial charge in [-0.05, 0) is 90.9 Å². The van der Waals surface area contributed by atoms with Crippen molar-refractivity contribution in [3.05, 3.63) is 95.7 Å². The number of amides is 1. The van der Waals surface area contributed by atoms with Gasteiger partial charge in [-0.15, -0.1) is 0 Å². The summed E-state index contributed by atoms with van der Waals surface area (Å²) in [5.41, 5.74) is 1.56. The van der Waals surface area contributed by atoms with Crippen LogP contribution < -0.4 is 164 Å². The van der Waals surface area contributed by atoms with Crippen LogP contribution in [0.1, 0.15) is 64.5 Å². The van der Waals surface area contributed by atoms with Crippen molar-refractivity contribution in [2.75, 3.05) is 25.0 Å². The molecule has 2 aliphatic heterocycles. The molecule has 1 N–H and O–H groups in total. The monoisotopic (exact) mass is 1050 g/mol. The van der Waals surface area contributed by atoms with Crippen molar-refractivity contribution in [2.24, 2.45) is 0 Å². The minimum atomic E-state index is -5.24. The van der Waals surface area contributed by atoms with Crippen molar-refractivity contribution in [2.45, 2.75) is 83.8 Å². The van der Waals surface area contributed by atoms with Crippen LogP contribution in [0.25, 0.3) is 21.5 Å². The number of nitriles is 1. The molecule has 0 fully saturated rings. The predicted octanol–water partition coefficient (Wildman–Crippen LogP) is -4.38. The van der Waals surface area contributed by atoms with E-state index in [0.29, 0.717) is 71.9 Å². The van der Waals surface area contributed by atoms with E-state index in [2.05, 4.69) is 5.32 Å². The minimum Gasteiger partial charge on any atom is -0.744 e. The Kier molecular flexibility index (Phi) is 20.5. The third kappa shape index (κ3) is 12.4. The van der Waals surface area contributed by atoms with Crippen LogP contribution in [0, 0.1) is 11.3 Å². The SMILES string of the molecule is C[N+]1=C(/C=C/C=C/C=C2/N(CCCCCC(=O)NCC#N)c3ccc4c(S(=O)(=O)[O-])cc(S(=O)(=O)[O-])cc4c3C2(C)C)C(C)(C)c2c1ccc1c(S(=O)(=O)[O-])cc(S(=O)(=O)[O-])cc21.[K+].[K+].[K+]. The Morgan fingerprint density at radius 1 is 0.697 bits per heavy atom. The molecule has 0 radical (unpaired) electrons. The zero-order valence-corrected chi connectivity index (χ0v) is 50.2. The van der Waals surface area contributed by atoms with E-state index in [-0.39, 0.29) is 195 Å². The van der Waals surface area contributed by atoms with Gasteiger partial charge in [-0.3, -0.25) is 4.79 Å². The maximum absolute atomic E-state index is 12.4. The van der Waals surface area contributed by atoms with Gasteiger partial charge in [0.15, 0.2) is 5.71 Å². The maximum atomic E-state index is 12.4. The second kappa shape index (κ2) is 22.6.